The molecule has 0 fully saturated rings. The van der Waals surface area contributed by atoms with Crippen molar-refractivity contribution in [2.24, 2.45) is 0 Å². The molecule has 0 saturated carbocycles. The minimum Gasteiger partial charge on any atom is -0.496 e. The fourth-order valence-corrected chi connectivity index (χ4v) is 3.84. The predicted octanol–water partition coefficient (Wildman–Crippen LogP) is 4.19. The van der Waals surface area contributed by atoms with Crippen LogP contribution in [-0.4, -0.2) is 50.2 Å². The highest BCUT2D eigenvalue weighted by atomic mass is 16.5. The van der Waals surface area contributed by atoms with Gasteiger partial charge in [-0.15, -0.1) is 0 Å². The zero-order valence-corrected chi connectivity index (χ0v) is 17.3. The van der Waals surface area contributed by atoms with Gasteiger partial charge in [0, 0.05) is 36.8 Å². The van der Waals surface area contributed by atoms with Crippen molar-refractivity contribution >= 4 is 22.3 Å². The molecule has 0 bridgehead atoms. The van der Waals surface area contributed by atoms with Gasteiger partial charge in [-0.2, -0.15) is 0 Å². The van der Waals surface area contributed by atoms with E-state index in [9.17, 15) is 4.79 Å². The van der Waals surface area contributed by atoms with Crippen molar-refractivity contribution < 1.29 is 19.0 Å². The van der Waals surface area contributed by atoms with Gasteiger partial charge in [0.2, 0.25) is 0 Å². The van der Waals surface area contributed by atoms with Gasteiger partial charge in [0.15, 0.2) is 0 Å². The molecular weight excluding hydrogens is 380 g/mol. The Hall–Kier alpha value is -3.54. The van der Waals surface area contributed by atoms with Crippen molar-refractivity contribution in [3.05, 3.63) is 66.0 Å². The van der Waals surface area contributed by atoms with Gasteiger partial charge < -0.3 is 19.1 Å². The zero-order valence-electron chi connectivity index (χ0n) is 17.3. The second-order valence-electron chi connectivity index (χ2n) is 7.02. The molecule has 1 aromatic heterocycles. The van der Waals surface area contributed by atoms with Crippen LogP contribution in [0.25, 0.3) is 16.3 Å². The Morgan fingerprint density at radius 1 is 1.00 bits per heavy atom. The van der Waals surface area contributed by atoms with Crippen molar-refractivity contribution in [2.75, 3.05) is 34.4 Å². The first-order valence-electron chi connectivity index (χ1n) is 9.78. The van der Waals surface area contributed by atoms with Gasteiger partial charge in [0.05, 0.1) is 26.9 Å². The van der Waals surface area contributed by atoms with E-state index in [1.54, 1.807) is 27.5 Å². The molecule has 1 amide bonds. The zero-order chi connectivity index (χ0) is 21.1. The number of carbonyl (C=O) groups is 1. The van der Waals surface area contributed by atoms with Gasteiger partial charge in [-0.1, -0.05) is 30.3 Å². The molecule has 6 heteroatoms. The number of carbonyl (C=O) groups excluding carboxylic acids is 1. The molecule has 0 radical (unpaired) electrons. The summed E-state index contributed by atoms with van der Waals surface area (Å²) in [5.74, 6) is 1.99. The third-order valence-electron chi connectivity index (χ3n) is 5.41. The number of rotatable bonds is 5. The highest BCUT2D eigenvalue weighted by molar-refractivity contribution is 6.05. The molecule has 0 saturated heterocycles. The van der Waals surface area contributed by atoms with Gasteiger partial charge in [0.1, 0.15) is 22.9 Å². The van der Waals surface area contributed by atoms with Gasteiger partial charge in [-0.3, -0.25) is 9.78 Å². The first kappa shape index (κ1) is 19.8. The minimum absolute atomic E-state index is 0.0595. The molecule has 3 aromatic rings. The Morgan fingerprint density at radius 3 is 2.37 bits per heavy atom. The van der Waals surface area contributed by atoms with Crippen molar-refractivity contribution in [1.82, 2.24) is 9.88 Å². The maximum atomic E-state index is 13.2. The lowest BCUT2D eigenvalue weighted by Gasteiger charge is -2.28. The Bertz CT molecular complexity index is 1090. The Balaban J connectivity index is 1.63. The average molecular weight is 404 g/mol. The molecule has 30 heavy (non-hydrogen) atoms. The monoisotopic (exact) mass is 404 g/mol. The van der Waals surface area contributed by atoms with Crippen molar-refractivity contribution in [1.29, 1.82) is 0 Å². The van der Waals surface area contributed by atoms with Crippen LogP contribution in [0, 0.1) is 0 Å². The summed E-state index contributed by atoms with van der Waals surface area (Å²) in [6.07, 6.45) is 4.43. The number of benzene rings is 2. The van der Waals surface area contributed by atoms with E-state index in [1.165, 1.54) is 0 Å². The number of amides is 1. The summed E-state index contributed by atoms with van der Waals surface area (Å²) >= 11 is 0. The van der Waals surface area contributed by atoms with E-state index >= 15 is 0 Å². The van der Waals surface area contributed by atoms with E-state index < -0.39 is 0 Å². The number of nitrogens with zero attached hydrogens (tertiary/aromatic N) is 2. The molecule has 0 aliphatic carbocycles. The molecule has 154 valence electrons. The smallest absolute Gasteiger partial charge is 0.273 e. The van der Waals surface area contributed by atoms with E-state index in [4.69, 9.17) is 14.2 Å². The summed E-state index contributed by atoms with van der Waals surface area (Å²) in [6, 6.07) is 13.4. The van der Waals surface area contributed by atoms with Gasteiger partial charge in [-0.05, 0) is 23.4 Å². The van der Waals surface area contributed by atoms with E-state index in [0.717, 1.165) is 21.9 Å². The lowest BCUT2D eigenvalue weighted by molar-refractivity contribution is 0.0769. The van der Waals surface area contributed by atoms with E-state index in [2.05, 4.69) is 11.1 Å². The largest absolute Gasteiger partial charge is 0.496 e. The molecule has 0 atom stereocenters. The summed E-state index contributed by atoms with van der Waals surface area (Å²) in [7, 11) is 4.87. The third-order valence-corrected chi connectivity index (χ3v) is 5.41. The van der Waals surface area contributed by atoms with Gasteiger partial charge in [-0.25, -0.2) is 0 Å². The van der Waals surface area contributed by atoms with Crippen LogP contribution < -0.4 is 14.2 Å². The topological polar surface area (TPSA) is 60.9 Å². The van der Waals surface area contributed by atoms with Crippen LogP contribution in [0.1, 0.15) is 22.5 Å². The summed E-state index contributed by atoms with van der Waals surface area (Å²) in [6.45, 7) is 1.09. The number of hydrogen-bond donors (Lipinski definition) is 0. The van der Waals surface area contributed by atoms with Crippen LogP contribution in [0.15, 0.2) is 54.7 Å². The quantitative estimate of drug-likeness (QED) is 0.638. The number of ether oxygens (including phenoxy) is 3. The first-order chi connectivity index (χ1) is 14.7. The van der Waals surface area contributed by atoms with Crippen molar-refractivity contribution in [3.63, 3.8) is 0 Å². The Morgan fingerprint density at radius 2 is 1.73 bits per heavy atom. The van der Waals surface area contributed by atoms with Crippen molar-refractivity contribution in [2.45, 2.75) is 6.42 Å². The lowest BCUT2D eigenvalue weighted by Crippen LogP contribution is -2.35. The maximum Gasteiger partial charge on any atom is 0.273 e. The predicted molar refractivity (Wildman–Crippen MR) is 116 cm³/mol. The van der Waals surface area contributed by atoms with Gasteiger partial charge >= 0.3 is 0 Å². The van der Waals surface area contributed by atoms with Crippen molar-refractivity contribution in [3.8, 4) is 17.2 Å². The molecule has 1 aliphatic heterocycles. The molecule has 2 aromatic carbocycles. The molecule has 2 heterocycles. The standard InChI is InChI=1S/C24H24N2O4/c1-28-18-14-20(29-2)22(21(15-18)30-3)17-9-12-26(13-10-17)24(27)23-19-7-5-4-6-16(19)8-11-25-23/h4-9,11,14-15H,10,12-13H2,1-3H3. The van der Waals surface area contributed by atoms with Crippen LogP contribution in [0.2, 0.25) is 0 Å². The fourth-order valence-electron chi connectivity index (χ4n) is 3.84. The van der Waals surface area contributed by atoms with Crippen LogP contribution >= 0.6 is 0 Å². The van der Waals surface area contributed by atoms with Crippen LogP contribution in [-0.2, 0) is 0 Å². The summed E-state index contributed by atoms with van der Waals surface area (Å²) in [5.41, 5.74) is 2.47. The molecule has 4 rings (SSSR count). The molecular formula is C24H24N2O4. The maximum absolute atomic E-state index is 13.2. The molecule has 1 aliphatic rings. The Kier molecular flexibility index (Phi) is 5.57. The molecule has 0 unspecified atom stereocenters. The number of pyridine rings is 1. The molecule has 0 N–H and O–H groups in total. The first-order valence-corrected chi connectivity index (χ1v) is 9.78. The summed E-state index contributed by atoms with van der Waals surface area (Å²) in [4.78, 5) is 19.3. The van der Waals surface area contributed by atoms with Crippen LogP contribution in [0.4, 0.5) is 0 Å². The third kappa shape index (κ3) is 3.56. The van der Waals surface area contributed by atoms with E-state index in [0.29, 0.717) is 42.5 Å². The molecule has 0 spiro atoms. The highest BCUT2D eigenvalue weighted by Gasteiger charge is 2.25. The number of fused-ring (bicyclic) bond motifs is 1. The van der Waals surface area contributed by atoms with Crippen LogP contribution in [0.5, 0.6) is 17.2 Å². The number of hydrogen-bond acceptors (Lipinski definition) is 5. The normalized spacial score (nSPS) is 13.7. The van der Waals surface area contributed by atoms with Gasteiger partial charge in [0.25, 0.3) is 5.91 Å². The SMILES string of the molecule is COc1cc(OC)c(C2=CCN(C(=O)c3nccc4ccccc34)CC2)c(OC)c1. The minimum atomic E-state index is -0.0595. The number of methoxy groups -OCH3 is 3. The van der Waals surface area contributed by atoms with Crippen LogP contribution in [0.3, 0.4) is 0 Å². The average Bonchev–Trinajstić information content (AvgIpc) is 2.82. The summed E-state index contributed by atoms with van der Waals surface area (Å²) in [5, 5.41) is 1.88. The second-order valence-corrected chi connectivity index (χ2v) is 7.02. The number of aromatic nitrogens is 1. The summed E-state index contributed by atoms with van der Waals surface area (Å²) < 4.78 is 16.5. The van der Waals surface area contributed by atoms with E-state index in [-0.39, 0.29) is 5.91 Å². The molecule has 6 nitrogen and oxygen atoms in total. The Labute approximate surface area is 175 Å². The fraction of sp³-hybridized carbons (Fsp3) is 0.250. The highest BCUT2D eigenvalue weighted by Crippen LogP contribution is 2.41. The lowest BCUT2D eigenvalue weighted by atomic mass is 9.96. The van der Waals surface area contributed by atoms with E-state index in [1.807, 2.05) is 47.4 Å². The second kappa shape index (κ2) is 8.45.